The summed E-state index contributed by atoms with van der Waals surface area (Å²) in [5.74, 6) is -1.95. The van der Waals surface area contributed by atoms with Gasteiger partial charge in [-0.05, 0) is 45.4 Å². The number of carboxylic acid groups (broad SMARTS) is 1. The van der Waals surface area contributed by atoms with E-state index >= 15 is 0 Å². The first-order valence-electron chi connectivity index (χ1n) is 7.40. The van der Waals surface area contributed by atoms with Crippen LogP contribution in [-0.2, 0) is 25.8 Å². The highest BCUT2D eigenvalue weighted by Crippen LogP contribution is 2.16. The molecule has 1 aromatic carbocycles. The van der Waals surface area contributed by atoms with Crippen molar-refractivity contribution in [3.63, 3.8) is 0 Å². The lowest BCUT2D eigenvalue weighted by Crippen LogP contribution is -2.40. The summed E-state index contributed by atoms with van der Waals surface area (Å²) in [5, 5.41) is 11.0. The van der Waals surface area contributed by atoms with Crippen molar-refractivity contribution in [2.24, 2.45) is 5.92 Å². The molecular formula is C16H23NO5S. The number of aliphatic carboxylic acids is 1. The van der Waals surface area contributed by atoms with Gasteiger partial charge in [0.2, 0.25) is 5.91 Å². The maximum absolute atomic E-state index is 12.0. The van der Waals surface area contributed by atoms with E-state index in [9.17, 15) is 18.0 Å². The van der Waals surface area contributed by atoms with Gasteiger partial charge in [-0.2, -0.15) is 0 Å². The minimum Gasteiger partial charge on any atom is -0.481 e. The normalized spacial score (nSPS) is 14.3. The highest BCUT2D eigenvalue weighted by Gasteiger charge is 2.21. The van der Waals surface area contributed by atoms with Crippen LogP contribution in [0.25, 0.3) is 0 Å². The van der Waals surface area contributed by atoms with Gasteiger partial charge in [-0.1, -0.05) is 12.1 Å². The fourth-order valence-corrected chi connectivity index (χ4v) is 2.96. The monoisotopic (exact) mass is 341 g/mol. The Morgan fingerprint density at radius 2 is 1.61 bits per heavy atom. The van der Waals surface area contributed by atoms with E-state index in [1.807, 2.05) is 0 Å². The predicted octanol–water partition coefficient (Wildman–Crippen LogP) is 1.64. The molecule has 2 N–H and O–H groups in total. The molecule has 0 fully saturated rings. The molecule has 0 aromatic heterocycles. The molecule has 7 heteroatoms. The van der Waals surface area contributed by atoms with Crippen molar-refractivity contribution in [1.82, 2.24) is 5.32 Å². The smallest absolute Gasteiger partial charge is 0.308 e. The Kier molecular flexibility index (Phi) is 6.32. The van der Waals surface area contributed by atoms with Gasteiger partial charge < -0.3 is 10.4 Å². The van der Waals surface area contributed by atoms with Crippen LogP contribution in [0.3, 0.4) is 0 Å². The van der Waals surface area contributed by atoms with Crippen molar-refractivity contribution >= 4 is 21.7 Å². The summed E-state index contributed by atoms with van der Waals surface area (Å²) in [6.45, 7) is 6.39. The molecule has 0 saturated carbocycles. The third-order valence-corrected chi connectivity index (χ3v) is 5.94. The van der Waals surface area contributed by atoms with E-state index in [2.05, 4.69) is 5.32 Å². The largest absolute Gasteiger partial charge is 0.481 e. The lowest BCUT2D eigenvalue weighted by atomic mass is 10.0. The molecule has 0 spiro atoms. The van der Waals surface area contributed by atoms with Crippen LogP contribution in [0.5, 0.6) is 0 Å². The molecule has 128 valence electrons. The zero-order valence-corrected chi connectivity index (χ0v) is 14.6. The van der Waals surface area contributed by atoms with Gasteiger partial charge in [0.05, 0.1) is 22.5 Å². The number of carboxylic acids is 1. The molecular weight excluding hydrogens is 318 g/mol. The van der Waals surface area contributed by atoms with Crippen molar-refractivity contribution in [3.8, 4) is 0 Å². The first kappa shape index (κ1) is 19.2. The number of hydrogen-bond donors (Lipinski definition) is 2. The maximum atomic E-state index is 12.0. The van der Waals surface area contributed by atoms with Crippen LogP contribution in [0.2, 0.25) is 0 Å². The minimum atomic E-state index is -3.33. The number of carbonyl (C=O) groups is 2. The molecule has 1 aromatic rings. The second kappa shape index (κ2) is 7.59. The molecule has 0 aliphatic heterocycles. The molecule has 1 amide bonds. The topological polar surface area (TPSA) is 101 Å². The van der Waals surface area contributed by atoms with Gasteiger partial charge in [-0.25, -0.2) is 8.42 Å². The van der Waals surface area contributed by atoms with Gasteiger partial charge in [-0.3, -0.25) is 9.59 Å². The van der Waals surface area contributed by atoms with E-state index < -0.39 is 33.0 Å². The molecule has 0 radical (unpaired) electrons. The second-order valence-electron chi connectivity index (χ2n) is 5.90. The Morgan fingerprint density at radius 1 is 1.09 bits per heavy atom. The van der Waals surface area contributed by atoms with Crippen LogP contribution in [0.1, 0.15) is 33.3 Å². The Labute approximate surface area is 136 Å². The number of sulfone groups is 1. The average molecular weight is 341 g/mol. The maximum Gasteiger partial charge on any atom is 0.308 e. The Bertz CT molecular complexity index is 664. The van der Waals surface area contributed by atoms with E-state index in [1.165, 1.54) is 19.1 Å². The van der Waals surface area contributed by atoms with E-state index in [1.54, 1.807) is 32.9 Å². The van der Waals surface area contributed by atoms with Crippen LogP contribution in [0, 0.1) is 5.92 Å². The Hall–Kier alpha value is -1.89. The zero-order chi connectivity index (χ0) is 17.8. The number of amides is 1. The van der Waals surface area contributed by atoms with Gasteiger partial charge in [0.25, 0.3) is 0 Å². The molecule has 2 atom stereocenters. The Balaban J connectivity index is 2.72. The van der Waals surface area contributed by atoms with Gasteiger partial charge >= 0.3 is 5.97 Å². The molecule has 23 heavy (non-hydrogen) atoms. The van der Waals surface area contributed by atoms with Crippen LogP contribution < -0.4 is 5.32 Å². The lowest BCUT2D eigenvalue weighted by molar-refractivity contribution is -0.142. The quantitative estimate of drug-likeness (QED) is 0.785. The van der Waals surface area contributed by atoms with Crippen LogP contribution in [0.4, 0.5) is 0 Å². The molecule has 0 bridgehead atoms. The molecule has 0 heterocycles. The van der Waals surface area contributed by atoms with Crippen LogP contribution in [0.15, 0.2) is 29.2 Å². The summed E-state index contributed by atoms with van der Waals surface area (Å²) in [7, 11) is -3.33. The average Bonchev–Trinajstić information content (AvgIpc) is 2.46. The SMILES string of the molecule is CC(NC(=O)Cc1ccc(S(=O)(=O)C(C)C)cc1)C(C)C(=O)O. The highest BCUT2D eigenvalue weighted by molar-refractivity contribution is 7.92. The van der Waals surface area contributed by atoms with Gasteiger partial charge in [0.15, 0.2) is 9.84 Å². The summed E-state index contributed by atoms with van der Waals surface area (Å²) >= 11 is 0. The summed E-state index contributed by atoms with van der Waals surface area (Å²) < 4.78 is 24.0. The van der Waals surface area contributed by atoms with Gasteiger partial charge in [-0.15, -0.1) is 0 Å². The minimum absolute atomic E-state index is 0.0681. The summed E-state index contributed by atoms with van der Waals surface area (Å²) in [5.41, 5.74) is 0.667. The number of benzene rings is 1. The molecule has 0 aliphatic carbocycles. The Morgan fingerprint density at radius 3 is 2.04 bits per heavy atom. The molecule has 1 rings (SSSR count). The zero-order valence-electron chi connectivity index (χ0n) is 13.7. The number of hydrogen-bond acceptors (Lipinski definition) is 4. The van der Waals surface area contributed by atoms with E-state index in [0.29, 0.717) is 5.56 Å². The van der Waals surface area contributed by atoms with Gasteiger partial charge in [0, 0.05) is 6.04 Å². The summed E-state index contributed by atoms with van der Waals surface area (Å²) in [4.78, 5) is 23.0. The summed E-state index contributed by atoms with van der Waals surface area (Å²) in [6.07, 6.45) is 0.0681. The van der Waals surface area contributed by atoms with Crippen molar-refractivity contribution in [2.45, 2.75) is 50.3 Å². The molecule has 2 unspecified atom stereocenters. The van der Waals surface area contributed by atoms with Crippen molar-refractivity contribution in [2.75, 3.05) is 0 Å². The van der Waals surface area contributed by atoms with E-state index in [0.717, 1.165) is 0 Å². The van der Waals surface area contributed by atoms with E-state index in [-0.39, 0.29) is 17.2 Å². The van der Waals surface area contributed by atoms with Crippen molar-refractivity contribution < 1.29 is 23.1 Å². The fraction of sp³-hybridized carbons (Fsp3) is 0.500. The third-order valence-electron chi connectivity index (χ3n) is 3.77. The number of carbonyl (C=O) groups excluding carboxylic acids is 1. The van der Waals surface area contributed by atoms with Crippen molar-refractivity contribution in [3.05, 3.63) is 29.8 Å². The summed E-state index contributed by atoms with van der Waals surface area (Å²) in [6, 6.07) is 5.68. The molecule has 6 nitrogen and oxygen atoms in total. The standard InChI is InChI=1S/C16H23NO5S/c1-10(2)23(21,22)14-7-5-13(6-8-14)9-15(18)17-12(4)11(3)16(19)20/h5-8,10-12H,9H2,1-4H3,(H,17,18)(H,19,20). The van der Waals surface area contributed by atoms with Gasteiger partial charge in [0.1, 0.15) is 0 Å². The first-order valence-corrected chi connectivity index (χ1v) is 8.95. The van der Waals surface area contributed by atoms with Crippen molar-refractivity contribution in [1.29, 1.82) is 0 Å². The second-order valence-corrected chi connectivity index (χ2v) is 8.40. The molecule has 0 saturated heterocycles. The lowest BCUT2D eigenvalue weighted by Gasteiger charge is -2.17. The highest BCUT2D eigenvalue weighted by atomic mass is 32.2. The van der Waals surface area contributed by atoms with E-state index in [4.69, 9.17) is 5.11 Å². The third kappa shape index (κ3) is 5.06. The number of rotatable bonds is 7. The van der Waals surface area contributed by atoms with Crippen LogP contribution in [-0.4, -0.2) is 36.7 Å². The molecule has 0 aliphatic rings. The fourth-order valence-electron chi connectivity index (χ4n) is 1.90. The number of nitrogens with one attached hydrogen (secondary N) is 1. The predicted molar refractivity (Wildman–Crippen MR) is 86.9 cm³/mol. The van der Waals surface area contributed by atoms with Crippen LogP contribution >= 0.6 is 0 Å². The first-order chi connectivity index (χ1) is 10.6.